The van der Waals surface area contributed by atoms with Gasteiger partial charge in [0.05, 0.1) is 22.9 Å². The number of aromatic nitrogens is 1. The van der Waals surface area contributed by atoms with Crippen molar-refractivity contribution in [2.45, 2.75) is 19.4 Å². The summed E-state index contributed by atoms with van der Waals surface area (Å²) in [6.45, 7) is 3.50. The Kier molecular flexibility index (Phi) is 3.29. The smallest absolute Gasteiger partial charge is 0.103 e. The number of hydrogen-bond donors (Lipinski definition) is 1. The number of anilines is 1. The molecular weight excluding hydrogens is 250 g/mol. The molecule has 2 aromatic rings. The number of fused-ring (bicyclic) bond motifs is 1. The van der Waals surface area contributed by atoms with E-state index in [1.165, 1.54) is 0 Å². The molecular formula is C16H17N3O. The Morgan fingerprint density at radius 2 is 2.20 bits per heavy atom. The largest absolute Gasteiger partial charge is 0.391 e. The molecule has 2 unspecified atom stereocenters. The molecule has 0 bridgehead atoms. The van der Waals surface area contributed by atoms with Crippen LogP contribution in [0.3, 0.4) is 0 Å². The Balaban J connectivity index is 2.12. The molecule has 1 aromatic heterocycles. The van der Waals surface area contributed by atoms with E-state index in [0.29, 0.717) is 18.0 Å². The molecule has 4 heteroatoms. The van der Waals surface area contributed by atoms with Crippen LogP contribution in [0.25, 0.3) is 10.9 Å². The SMILES string of the molecule is CC1CCN(c2c(C#N)cnc3ccccc23)CC1O. The molecule has 0 spiro atoms. The van der Waals surface area contributed by atoms with Crippen molar-refractivity contribution in [1.82, 2.24) is 4.98 Å². The van der Waals surface area contributed by atoms with E-state index in [2.05, 4.69) is 22.9 Å². The van der Waals surface area contributed by atoms with Crippen LogP contribution in [-0.4, -0.2) is 29.3 Å². The van der Waals surface area contributed by atoms with Gasteiger partial charge < -0.3 is 10.0 Å². The van der Waals surface area contributed by atoms with Crippen LogP contribution in [0.4, 0.5) is 5.69 Å². The van der Waals surface area contributed by atoms with Gasteiger partial charge in [-0.25, -0.2) is 0 Å². The van der Waals surface area contributed by atoms with Crippen LogP contribution in [0.2, 0.25) is 0 Å². The predicted molar refractivity (Wildman–Crippen MR) is 78.5 cm³/mol. The lowest BCUT2D eigenvalue weighted by Gasteiger charge is -2.36. The maximum absolute atomic E-state index is 10.1. The number of nitrogens with zero attached hydrogens (tertiary/aromatic N) is 3. The maximum Gasteiger partial charge on any atom is 0.103 e. The van der Waals surface area contributed by atoms with Crippen LogP contribution < -0.4 is 4.90 Å². The number of benzene rings is 1. The third-order valence-corrected chi connectivity index (χ3v) is 4.10. The highest BCUT2D eigenvalue weighted by Gasteiger charge is 2.26. The highest BCUT2D eigenvalue weighted by atomic mass is 16.3. The zero-order chi connectivity index (χ0) is 14.1. The molecule has 1 N–H and O–H groups in total. The molecule has 0 radical (unpaired) electrons. The Bertz CT molecular complexity index is 677. The van der Waals surface area contributed by atoms with E-state index in [1.54, 1.807) is 6.20 Å². The van der Waals surface area contributed by atoms with E-state index in [4.69, 9.17) is 0 Å². The summed E-state index contributed by atoms with van der Waals surface area (Å²) < 4.78 is 0. The molecule has 0 amide bonds. The number of hydrogen-bond acceptors (Lipinski definition) is 4. The summed E-state index contributed by atoms with van der Waals surface area (Å²) in [4.78, 5) is 6.45. The van der Waals surface area contributed by atoms with Crippen molar-refractivity contribution in [2.24, 2.45) is 5.92 Å². The summed E-state index contributed by atoms with van der Waals surface area (Å²) >= 11 is 0. The van der Waals surface area contributed by atoms with Gasteiger partial charge in [-0.3, -0.25) is 4.98 Å². The van der Waals surface area contributed by atoms with Crippen LogP contribution in [-0.2, 0) is 0 Å². The second-order valence-electron chi connectivity index (χ2n) is 5.43. The van der Waals surface area contributed by atoms with Crippen molar-refractivity contribution in [3.8, 4) is 6.07 Å². The Hall–Kier alpha value is -2.12. The van der Waals surface area contributed by atoms with Crippen molar-refractivity contribution in [3.05, 3.63) is 36.0 Å². The van der Waals surface area contributed by atoms with Crippen molar-refractivity contribution in [2.75, 3.05) is 18.0 Å². The second-order valence-corrected chi connectivity index (χ2v) is 5.43. The molecule has 1 aromatic carbocycles. The zero-order valence-electron chi connectivity index (χ0n) is 11.5. The van der Waals surface area contributed by atoms with Gasteiger partial charge in [-0.05, 0) is 18.4 Å². The molecule has 102 valence electrons. The summed E-state index contributed by atoms with van der Waals surface area (Å²) in [7, 11) is 0. The van der Waals surface area contributed by atoms with E-state index in [1.807, 2.05) is 24.3 Å². The first-order valence-electron chi connectivity index (χ1n) is 6.91. The van der Waals surface area contributed by atoms with Crippen LogP contribution in [0.1, 0.15) is 18.9 Å². The van der Waals surface area contributed by atoms with Crippen LogP contribution >= 0.6 is 0 Å². The monoisotopic (exact) mass is 267 g/mol. The van der Waals surface area contributed by atoms with Crippen molar-refractivity contribution < 1.29 is 5.11 Å². The van der Waals surface area contributed by atoms with E-state index in [-0.39, 0.29) is 6.10 Å². The highest BCUT2D eigenvalue weighted by molar-refractivity contribution is 5.94. The third-order valence-electron chi connectivity index (χ3n) is 4.10. The van der Waals surface area contributed by atoms with E-state index in [9.17, 15) is 10.4 Å². The lowest BCUT2D eigenvalue weighted by Crippen LogP contribution is -2.43. The topological polar surface area (TPSA) is 60.2 Å². The van der Waals surface area contributed by atoms with Gasteiger partial charge in [-0.15, -0.1) is 0 Å². The lowest BCUT2D eigenvalue weighted by atomic mass is 9.94. The number of rotatable bonds is 1. The van der Waals surface area contributed by atoms with Gasteiger partial charge in [0.1, 0.15) is 6.07 Å². The number of piperidine rings is 1. The van der Waals surface area contributed by atoms with E-state index >= 15 is 0 Å². The lowest BCUT2D eigenvalue weighted by molar-refractivity contribution is 0.103. The molecule has 2 heterocycles. The fraction of sp³-hybridized carbons (Fsp3) is 0.375. The van der Waals surface area contributed by atoms with Gasteiger partial charge in [0, 0.05) is 24.7 Å². The van der Waals surface area contributed by atoms with Crippen molar-refractivity contribution in [1.29, 1.82) is 5.26 Å². The van der Waals surface area contributed by atoms with Crippen molar-refractivity contribution in [3.63, 3.8) is 0 Å². The molecule has 1 aliphatic heterocycles. The van der Waals surface area contributed by atoms with Gasteiger partial charge in [-0.1, -0.05) is 25.1 Å². The van der Waals surface area contributed by atoms with Gasteiger partial charge in [0.15, 0.2) is 0 Å². The molecule has 2 atom stereocenters. The van der Waals surface area contributed by atoms with Crippen LogP contribution in [0, 0.1) is 17.2 Å². The third kappa shape index (κ3) is 2.10. The number of aliphatic hydroxyl groups is 1. The summed E-state index contributed by atoms with van der Waals surface area (Å²) in [6, 6.07) is 10.1. The van der Waals surface area contributed by atoms with E-state index in [0.717, 1.165) is 29.6 Å². The fourth-order valence-electron chi connectivity index (χ4n) is 2.80. The van der Waals surface area contributed by atoms with E-state index < -0.39 is 0 Å². The predicted octanol–water partition coefficient (Wildman–Crippen LogP) is 2.31. The number of β-amino-alcohol motifs (C(OH)–C–C–N with tert-alkyl or cyclic N) is 1. The molecule has 3 rings (SSSR count). The minimum Gasteiger partial charge on any atom is -0.391 e. The van der Waals surface area contributed by atoms with Crippen LogP contribution in [0.15, 0.2) is 30.5 Å². The number of para-hydroxylation sites is 1. The van der Waals surface area contributed by atoms with Crippen molar-refractivity contribution >= 4 is 16.6 Å². The molecule has 1 fully saturated rings. The van der Waals surface area contributed by atoms with Gasteiger partial charge >= 0.3 is 0 Å². The molecule has 20 heavy (non-hydrogen) atoms. The minimum atomic E-state index is -0.345. The Morgan fingerprint density at radius 3 is 2.95 bits per heavy atom. The molecule has 0 saturated carbocycles. The molecule has 4 nitrogen and oxygen atoms in total. The summed E-state index contributed by atoms with van der Waals surface area (Å²) in [5, 5.41) is 20.4. The zero-order valence-corrected chi connectivity index (χ0v) is 11.5. The van der Waals surface area contributed by atoms with Gasteiger partial charge in [0.2, 0.25) is 0 Å². The normalized spacial score (nSPS) is 22.8. The van der Waals surface area contributed by atoms with Gasteiger partial charge in [0.25, 0.3) is 0 Å². The first-order chi connectivity index (χ1) is 9.70. The Labute approximate surface area is 118 Å². The maximum atomic E-state index is 10.1. The molecule has 1 saturated heterocycles. The number of aliphatic hydroxyl groups excluding tert-OH is 1. The average Bonchev–Trinajstić information content (AvgIpc) is 2.49. The fourth-order valence-corrected chi connectivity index (χ4v) is 2.80. The molecule has 0 aliphatic carbocycles. The second kappa shape index (κ2) is 5.10. The first kappa shape index (κ1) is 12.9. The molecule has 1 aliphatic rings. The Morgan fingerprint density at radius 1 is 1.40 bits per heavy atom. The summed E-state index contributed by atoms with van der Waals surface area (Å²) in [5.74, 6) is 0.310. The minimum absolute atomic E-state index is 0.310. The van der Waals surface area contributed by atoms with Crippen LogP contribution in [0.5, 0.6) is 0 Å². The number of pyridine rings is 1. The quantitative estimate of drug-likeness (QED) is 0.861. The highest BCUT2D eigenvalue weighted by Crippen LogP contribution is 2.32. The summed E-state index contributed by atoms with van der Waals surface area (Å²) in [6.07, 6.45) is 2.22. The summed E-state index contributed by atoms with van der Waals surface area (Å²) in [5.41, 5.74) is 2.36. The average molecular weight is 267 g/mol. The van der Waals surface area contributed by atoms with Gasteiger partial charge in [-0.2, -0.15) is 5.26 Å². The number of nitriles is 1. The standard InChI is InChI=1S/C16H17N3O/c1-11-6-7-19(10-15(11)20)16-12(8-17)9-18-14-5-3-2-4-13(14)16/h2-5,9,11,15,20H,6-7,10H2,1H3. The first-order valence-corrected chi connectivity index (χ1v) is 6.91.